The average molecular weight is 262 g/mol. The Hall–Kier alpha value is -1.02. The molecule has 2 nitrogen and oxygen atoms in total. The van der Waals surface area contributed by atoms with E-state index in [0.717, 1.165) is 25.0 Å². The minimum absolute atomic E-state index is 0.101. The number of benzene rings is 1. The van der Waals surface area contributed by atoms with Gasteiger partial charge in [-0.3, -0.25) is 0 Å². The van der Waals surface area contributed by atoms with Crippen molar-refractivity contribution in [3.63, 3.8) is 0 Å². The molecule has 0 unspecified atom stereocenters. The smallest absolute Gasteiger partial charge is 0.127 e. The summed E-state index contributed by atoms with van der Waals surface area (Å²) in [4.78, 5) is 0. The van der Waals surface area contributed by atoms with E-state index in [1.165, 1.54) is 22.3 Å². The first kappa shape index (κ1) is 14.4. The fraction of sp³-hybridized carbons (Fsp3) is 0.647. The van der Waals surface area contributed by atoms with Crippen molar-refractivity contribution in [2.45, 2.75) is 65.4 Å². The van der Waals surface area contributed by atoms with Crippen molar-refractivity contribution in [3.05, 3.63) is 28.3 Å². The lowest BCUT2D eigenvalue weighted by atomic mass is 9.88. The molecule has 106 valence electrons. The van der Waals surface area contributed by atoms with Crippen molar-refractivity contribution >= 4 is 0 Å². The number of aryl methyl sites for hydroxylation is 1. The van der Waals surface area contributed by atoms with Gasteiger partial charge in [-0.15, -0.1) is 0 Å². The molecule has 0 amide bonds. The first-order chi connectivity index (χ1) is 8.85. The molecule has 0 aromatic heterocycles. The van der Waals surface area contributed by atoms with E-state index in [2.05, 4.69) is 40.7 Å². The Balaban J connectivity index is 2.53. The van der Waals surface area contributed by atoms with Crippen LogP contribution in [0.15, 0.2) is 6.07 Å². The lowest BCUT2D eigenvalue weighted by molar-refractivity contribution is 0.137. The molecule has 1 heterocycles. The number of hydrogen-bond donors (Lipinski definition) is 1. The molecule has 1 N–H and O–H groups in total. The van der Waals surface area contributed by atoms with E-state index in [0.29, 0.717) is 5.92 Å². The molecule has 1 aliphatic heterocycles. The summed E-state index contributed by atoms with van der Waals surface area (Å²) < 4.78 is 6.21. The zero-order valence-electron chi connectivity index (χ0n) is 12.8. The topological polar surface area (TPSA) is 29.5 Å². The summed E-state index contributed by atoms with van der Waals surface area (Å²) in [6, 6.07) is 2.32. The van der Waals surface area contributed by atoms with E-state index in [9.17, 15) is 0 Å². The van der Waals surface area contributed by atoms with Gasteiger partial charge in [0, 0.05) is 18.6 Å². The number of fused-ring (bicyclic) bond motifs is 1. The molecule has 0 fully saturated rings. The van der Waals surface area contributed by atoms with Crippen LogP contribution < -0.4 is 4.74 Å². The van der Waals surface area contributed by atoms with E-state index < -0.39 is 0 Å². The highest BCUT2D eigenvalue weighted by molar-refractivity contribution is 5.54. The van der Waals surface area contributed by atoms with Gasteiger partial charge in [0.25, 0.3) is 0 Å². The van der Waals surface area contributed by atoms with Gasteiger partial charge in [-0.1, -0.05) is 19.9 Å². The summed E-state index contributed by atoms with van der Waals surface area (Å²) in [6.45, 7) is 11.2. The van der Waals surface area contributed by atoms with E-state index in [1.54, 1.807) is 0 Å². The van der Waals surface area contributed by atoms with E-state index in [4.69, 9.17) is 9.84 Å². The molecule has 0 radical (unpaired) electrons. The Labute approximate surface area is 116 Å². The van der Waals surface area contributed by atoms with Crippen molar-refractivity contribution in [2.24, 2.45) is 0 Å². The Morgan fingerprint density at radius 3 is 2.63 bits per heavy atom. The quantitative estimate of drug-likeness (QED) is 0.895. The summed E-state index contributed by atoms with van der Waals surface area (Å²) in [5.74, 6) is 1.59. The van der Waals surface area contributed by atoms with Gasteiger partial charge < -0.3 is 9.84 Å². The number of rotatable bonds is 4. The molecule has 0 spiro atoms. The maximum atomic E-state index is 9.12. The van der Waals surface area contributed by atoms with Gasteiger partial charge in [0.15, 0.2) is 0 Å². The molecule has 0 aliphatic carbocycles. The maximum Gasteiger partial charge on any atom is 0.127 e. The number of aliphatic hydroxyl groups is 1. The molecule has 0 saturated carbocycles. The van der Waals surface area contributed by atoms with Crippen LogP contribution >= 0.6 is 0 Å². The third-order valence-corrected chi connectivity index (χ3v) is 3.93. The highest BCUT2D eigenvalue weighted by Gasteiger charge is 2.34. The maximum absolute atomic E-state index is 9.12. The summed E-state index contributed by atoms with van der Waals surface area (Å²) >= 11 is 0. The van der Waals surface area contributed by atoms with Crippen molar-refractivity contribution in [2.75, 3.05) is 6.61 Å². The highest BCUT2D eigenvalue weighted by Crippen LogP contribution is 2.43. The Kier molecular flexibility index (Phi) is 3.91. The van der Waals surface area contributed by atoms with Crippen LogP contribution in [0, 0.1) is 6.92 Å². The van der Waals surface area contributed by atoms with Crippen LogP contribution in [0.4, 0.5) is 0 Å². The fourth-order valence-corrected chi connectivity index (χ4v) is 3.01. The van der Waals surface area contributed by atoms with E-state index in [1.807, 2.05) is 0 Å². The normalized spacial score (nSPS) is 16.6. The molecule has 0 saturated heterocycles. The van der Waals surface area contributed by atoms with Gasteiger partial charge in [0.05, 0.1) is 0 Å². The summed E-state index contributed by atoms with van der Waals surface area (Å²) in [5, 5.41) is 9.12. The molecular formula is C17H26O2. The summed E-state index contributed by atoms with van der Waals surface area (Å²) in [6.07, 6.45) is 2.69. The molecule has 1 aromatic carbocycles. The first-order valence-corrected chi connectivity index (χ1v) is 7.31. The molecule has 1 aliphatic rings. The fourth-order valence-electron chi connectivity index (χ4n) is 3.01. The third-order valence-electron chi connectivity index (χ3n) is 3.93. The highest BCUT2D eigenvalue weighted by atomic mass is 16.5. The monoisotopic (exact) mass is 262 g/mol. The second-order valence-electron chi connectivity index (χ2n) is 6.59. The van der Waals surface area contributed by atoms with Crippen molar-refractivity contribution in [1.29, 1.82) is 0 Å². The van der Waals surface area contributed by atoms with Crippen LogP contribution in [0.25, 0.3) is 0 Å². The summed E-state index contributed by atoms with van der Waals surface area (Å²) in [5.41, 5.74) is 5.30. The van der Waals surface area contributed by atoms with Crippen LogP contribution in [-0.4, -0.2) is 17.3 Å². The number of hydrogen-bond acceptors (Lipinski definition) is 2. The van der Waals surface area contributed by atoms with Gasteiger partial charge in [-0.05, 0) is 56.2 Å². The molecule has 2 heteroatoms. The van der Waals surface area contributed by atoms with Gasteiger partial charge in [-0.25, -0.2) is 0 Å². The van der Waals surface area contributed by atoms with Gasteiger partial charge in [0.1, 0.15) is 11.4 Å². The molecule has 2 rings (SSSR count). The minimum Gasteiger partial charge on any atom is -0.487 e. The van der Waals surface area contributed by atoms with Gasteiger partial charge in [0.2, 0.25) is 0 Å². The van der Waals surface area contributed by atoms with Crippen LogP contribution in [0.1, 0.15) is 62.3 Å². The SMILES string of the molecule is Cc1cc(C(C)C)c(CCCO)c2c1CC(C)(C)O2. The lowest BCUT2D eigenvalue weighted by Crippen LogP contribution is -2.25. The van der Waals surface area contributed by atoms with E-state index in [-0.39, 0.29) is 12.2 Å². The third kappa shape index (κ3) is 2.79. The lowest BCUT2D eigenvalue weighted by Gasteiger charge is -2.21. The van der Waals surface area contributed by atoms with Gasteiger partial charge >= 0.3 is 0 Å². The standard InChI is InChI=1S/C17H26O2/c1-11(2)14-9-12(3)15-10-17(4,5)19-16(15)13(14)7-6-8-18/h9,11,18H,6-8,10H2,1-5H3. The largest absolute Gasteiger partial charge is 0.487 e. The Morgan fingerprint density at radius 2 is 2.05 bits per heavy atom. The van der Waals surface area contributed by atoms with Gasteiger partial charge in [-0.2, -0.15) is 0 Å². The minimum atomic E-state index is -0.101. The average Bonchev–Trinajstić information content (AvgIpc) is 2.64. The van der Waals surface area contributed by atoms with Crippen LogP contribution in [-0.2, 0) is 12.8 Å². The van der Waals surface area contributed by atoms with Crippen LogP contribution in [0.5, 0.6) is 5.75 Å². The van der Waals surface area contributed by atoms with Crippen LogP contribution in [0.2, 0.25) is 0 Å². The zero-order valence-corrected chi connectivity index (χ0v) is 12.8. The van der Waals surface area contributed by atoms with Crippen molar-refractivity contribution in [1.82, 2.24) is 0 Å². The zero-order chi connectivity index (χ0) is 14.2. The number of aliphatic hydroxyl groups excluding tert-OH is 1. The molecular weight excluding hydrogens is 236 g/mol. The predicted octanol–water partition coefficient (Wildman–Crippen LogP) is 3.76. The summed E-state index contributed by atoms with van der Waals surface area (Å²) in [7, 11) is 0. The van der Waals surface area contributed by atoms with Crippen molar-refractivity contribution in [3.8, 4) is 5.75 Å². The van der Waals surface area contributed by atoms with Crippen molar-refractivity contribution < 1.29 is 9.84 Å². The molecule has 19 heavy (non-hydrogen) atoms. The number of ether oxygens (including phenoxy) is 1. The Bertz CT molecular complexity index is 473. The first-order valence-electron chi connectivity index (χ1n) is 7.31. The molecule has 1 aromatic rings. The van der Waals surface area contributed by atoms with Crippen LogP contribution in [0.3, 0.4) is 0 Å². The Morgan fingerprint density at radius 1 is 1.37 bits per heavy atom. The predicted molar refractivity (Wildman–Crippen MR) is 79.1 cm³/mol. The van der Waals surface area contributed by atoms with E-state index >= 15 is 0 Å². The second-order valence-corrected chi connectivity index (χ2v) is 6.59. The molecule has 0 bridgehead atoms. The second kappa shape index (κ2) is 5.16. The molecule has 0 atom stereocenters.